The smallest absolute Gasteiger partial charge is 0.129 e. The molecule has 6 atom stereocenters. The molecule has 0 unspecified atom stereocenters. The molecule has 0 aromatic heterocycles. The van der Waals surface area contributed by atoms with Crippen molar-refractivity contribution in [2.24, 2.45) is 33.7 Å². The quantitative estimate of drug-likeness (QED) is 0.261. The first kappa shape index (κ1) is 22.3. The first-order chi connectivity index (χ1) is 14.3. The van der Waals surface area contributed by atoms with E-state index in [0.717, 1.165) is 56.4 Å². The van der Waals surface area contributed by atoms with Gasteiger partial charge in [0.15, 0.2) is 0 Å². The van der Waals surface area contributed by atoms with Crippen molar-refractivity contribution < 1.29 is 9.94 Å². The Morgan fingerprint density at radius 2 is 2.00 bits per heavy atom. The van der Waals surface area contributed by atoms with E-state index in [2.05, 4.69) is 30.0 Å². The van der Waals surface area contributed by atoms with E-state index in [1.807, 2.05) is 20.3 Å². The van der Waals surface area contributed by atoms with Crippen molar-refractivity contribution in [1.29, 1.82) is 0 Å². The minimum atomic E-state index is -0.565. The third-order valence-corrected chi connectivity index (χ3v) is 9.55. The lowest BCUT2D eigenvalue weighted by Gasteiger charge is -2.58. The van der Waals surface area contributed by atoms with Gasteiger partial charge in [-0.05, 0) is 107 Å². The van der Waals surface area contributed by atoms with E-state index in [4.69, 9.17) is 4.84 Å². The lowest BCUT2D eigenvalue weighted by atomic mass is 9.47. The molecule has 30 heavy (non-hydrogen) atoms. The van der Waals surface area contributed by atoms with E-state index in [9.17, 15) is 5.11 Å². The van der Waals surface area contributed by atoms with Gasteiger partial charge in [0, 0.05) is 12.8 Å². The third-order valence-electron chi connectivity index (χ3n) is 9.55. The predicted molar refractivity (Wildman–Crippen MR) is 124 cm³/mol. The Kier molecular flexibility index (Phi) is 6.38. The Bertz CT molecular complexity index is 674. The van der Waals surface area contributed by atoms with Crippen LogP contribution < -0.4 is 0 Å². The number of nitrogens with zero attached hydrogens (tertiary/aromatic N) is 2. The standard InChI is InChI=1S/C26H44N2O2/c1-24-11-5-7-22(24)21-9-8-20-19-26(29,12-6-16-27-30-18-17-28(3)4)15-14-25(20,2)23(21)10-13-24/h8,16,21-23,29H,5-7,9-15,17-19H2,1-4H3/t21-,22-,23-,24-,25-,26-/m0/s1. The van der Waals surface area contributed by atoms with Gasteiger partial charge in [-0.3, -0.25) is 0 Å². The largest absolute Gasteiger partial charge is 0.395 e. The van der Waals surface area contributed by atoms with Gasteiger partial charge in [0.1, 0.15) is 6.61 Å². The number of rotatable bonds is 7. The van der Waals surface area contributed by atoms with Gasteiger partial charge >= 0.3 is 0 Å². The second kappa shape index (κ2) is 8.58. The fourth-order valence-electron chi connectivity index (χ4n) is 7.63. The van der Waals surface area contributed by atoms with Crippen molar-refractivity contribution in [3.8, 4) is 0 Å². The van der Waals surface area contributed by atoms with Gasteiger partial charge in [-0.2, -0.15) is 0 Å². The van der Waals surface area contributed by atoms with Crippen LogP contribution in [-0.4, -0.2) is 49.1 Å². The highest BCUT2D eigenvalue weighted by atomic mass is 16.6. The molecule has 0 aromatic carbocycles. The second-order valence-corrected chi connectivity index (χ2v) is 11.7. The monoisotopic (exact) mass is 416 g/mol. The molecule has 0 aromatic rings. The molecule has 170 valence electrons. The number of hydrogen-bond donors (Lipinski definition) is 1. The van der Waals surface area contributed by atoms with Gasteiger partial charge in [0.05, 0.1) is 5.60 Å². The van der Waals surface area contributed by atoms with Gasteiger partial charge in [-0.15, -0.1) is 0 Å². The minimum Gasteiger partial charge on any atom is -0.395 e. The molecule has 0 spiro atoms. The summed E-state index contributed by atoms with van der Waals surface area (Å²) < 4.78 is 0. The number of fused-ring (bicyclic) bond motifs is 5. The van der Waals surface area contributed by atoms with Crippen molar-refractivity contribution in [3.63, 3.8) is 0 Å². The van der Waals surface area contributed by atoms with Gasteiger partial charge in [0.25, 0.3) is 0 Å². The molecule has 3 fully saturated rings. The van der Waals surface area contributed by atoms with Crippen LogP contribution in [0.4, 0.5) is 0 Å². The van der Waals surface area contributed by atoms with E-state index in [1.54, 1.807) is 5.57 Å². The van der Waals surface area contributed by atoms with Gasteiger partial charge in [-0.1, -0.05) is 37.1 Å². The minimum absolute atomic E-state index is 0.322. The zero-order valence-corrected chi connectivity index (χ0v) is 19.8. The Hall–Kier alpha value is -0.870. The molecule has 3 saturated carbocycles. The van der Waals surface area contributed by atoms with Crippen LogP contribution in [0.5, 0.6) is 0 Å². The Morgan fingerprint density at radius 3 is 2.80 bits per heavy atom. The molecule has 4 heteroatoms. The van der Waals surface area contributed by atoms with Gasteiger partial charge < -0.3 is 14.8 Å². The number of hydrogen-bond acceptors (Lipinski definition) is 4. The normalized spacial score (nSPS) is 43.3. The summed E-state index contributed by atoms with van der Waals surface area (Å²) in [7, 11) is 4.06. The molecule has 0 saturated heterocycles. The fraction of sp³-hybridized carbons (Fsp3) is 0.885. The molecule has 4 aliphatic carbocycles. The van der Waals surface area contributed by atoms with Gasteiger partial charge in [-0.25, -0.2) is 0 Å². The van der Waals surface area contributed by atoms with Crippen molar-refractivity contribution in [1.82, 2.24) is 4.90 Å². The van der Waals surface area contributed by atoms with Gasteiger partial charge in [0.2, 0.25) is 0 Å². The Morgan fingerprint density at radius 1 is 1.17 bits per heavy atom. The summed E-state index contributed by atoms with van der Waals surface area (Å²) in [5, 5.41) is 15.4. The van der Waals surface area contributed by atoms with Crippen LogP contribution in [0, 0.1) is 28.6 Å². The van der Waals surface area contributed by atoms with Crippen LogP contribution in [0.25, 0.3) is 0 Å². The Balaban J connectivity index is 1.35. The molecule has 0 aliphatic heterocycles. The summed E-state index contributed by atoms with van der Waals surface area (Å²) in [6, 6.07) is 0. The van der Waals surface area contributed by atoms with Crippen LogP contribution in [-0.2, 0) is 4.84 Å². The lowest BCUT2D eigenvalue weighted by Crippen LogP contribution is -2.51. The summed E-state index contributed by atoms with van der Waals surface area (Å²) in [4.78, 5) is 7.39. The topological polar surface area (TPSA) is 45.1 Å². The van der Waals surface area contributed by atoms with Crippen LogP contribution in [0.1, 0.15) is 84.5 Å². The summed E-state index contributed by atoms with van der Waals surface area (Å²) >= 11 is 0. The van der Waals surface area contributed by atoms with Crippen LogP contribution >= 0.6 is 0 Å². The van der Waals surface area contributed by atoms with E-state index in [-0.39, 0.29) is 0 Å². The van der Waals surface area contributed by atoms with Crippen molar-refractivity contribution >= 4 is 6.21 Å². The van der Waals surface area contributed by atoms with Crippen molar-refractivity contribution in [3.05, 3.63) is 11.6 Å². The first-order valence-corrected chi connectivity index (χ1v) is 12.5. The van der Waals surface area contributed by atoms with Crippen molar-refractivity contribution in [2.45, 2.75) is 90.1 Å². The maximum Gasteiger partial charge on any atom is 0.129 e. The van der Waals surface area contributed by atoms with E-state index in [0.29, 0.717) is 17.4 Å². The second-order valence-electron chi connectivity index (χ2n) is 11.7. The molecule has 0 bridgehead atoms. The highest BCUT2D eigenvalue weighted by Crippen LogP contribution is 2.65. The fourth-order valence-corrected chi connectivity index (χ4v) is 7.63. The maximum atomic E-state index is 11.3. The summed E-state index contributed by atoms with van der Waals surface area (Å²) in [6.07, 6.45) is 17.4. The lowest BCUT2D eigenvalue weighted by molar-refractivity contribution is -0.0642. The van der Waals surface area contributed by atoms with Crippen LogP contribution in [0.2, 0.25) is 0 Å². The molecule has 0 heterocycles. The maximum absolute atomic E-state index is 11.3. The number of oxime groups is 1. The Labute approximate surface area is 184 Å². The molecular formula is C26H44N2O2. The van der Waals surface area contributed by atoms with E-state index >= 15 is 0 Å². The van der Waals surface area contributed by atoms with E-state index < -0.39 is 5.60 Å². The molecule has 1 N–H and O–H groups in total. The highest BCUT2D eigenvalue weighted by molar-refractivity contribution is 5.56. The molecule has 4 rings (SSSR count). The third kappa shape index (κ3) is 4.24. The average Bonchev–Trinajstić information content (AvgIpc) is 3.09. The molecule has 0 radical (unpaired) electrons. The molecule has 0 amide bonds. The van der Waals surface area contributed by atoms with Crippen LogP contribution in [0.3, 0.4) is 0 Å². The zero-order valence-electron chi connectivity index (χ0n) is 19.8. The van der Waals surface area contributed by atoms with Crippen LogP contribution in [0.15, 0.2) is 16.8 Å². The molecule has 4 nitrogen and oxygen atoms in total. The molecular weight excluding hydrogens is 372 g/mol. The summed E-state index contributed by atoms with van der Waals surface area (Å²) in [6.45, 7) is 6.60. The number of allylic oxidation sites excluding steroid dienone is 1. The van der Waals surface area contributed by atoms with E-state index in [1.165, 1.54) is 38.5 Å². The summed E-state index contributed by atoms with van der Waals surface area (Å²) in [5.41, 5.74) is 1.94. The molecule has 4 aliphatic rings. The average molecular weight is 417 g/mol. The highest BCUT2D eigenvalue weighted by Gasteiger charge is 2.56. The summed E-state index contributed by atoms with van der Waals surface area (Å²) in [5.74, 6) is 2.66. The predicted octanol–water partition coefficient (Wildman–Crippen LogP) is 5.41. The number of likely N-dealkylation sites (N-methyl/N-ethyl adjacent to an activating group) is 1. The zero-order chi connectivity index (χ0) is 21.4. The SMILES string of the molecule is CN(C)CCON=CCC[C@]1(O)CC[C@@]2(C)C(=CC[C@H]3[C@@H]4CCC[C@@]4(C)CC[C@@H]32)C1. The first-order valence-electron chi connectivity index (χ1n) is 12.5. The number of aliphatic hydroxyl groups is 1. The van der Waals surface area contributed by atoms with Crippen molar-refractivity contribution in [2.75, 3.05) is 27.2 Å².